The molecule has 1 fully saturated rings. The van der Waals surface area contributed by atoms with Crippen LogP contribution in [0.25, 0.3) is 0 Å². The first-order valence-corrected chi connectivity index (χ1v) is 9.47. The van der Waals surface area contributed by atoms with Crippen LogP contribution in [-0.4, -0.2) is 70.1 Å². The van der Waals surface area contributed by atoms with E-state index in [9.17, 15) is 13.2 Å². The maximum Gasteiger partial charge on any atom is 0.390 e. The van der Waals surface area contributed by atoms with Crippen molar-refractivity contribution in [1.82, 2.24) is 15.5 Å². The summed E-state index contributed by atoms with van der Waals surface area (Å²) in [4.78, 5) is 6.83. The average molecular weight is 402 g/mol. The molecule has 0 aliphatic carbocycles. The van der Waals surface area contributed by atoms with E-state index in [1.165, 1.54) is 0 Å². The first kappa shape index (κ1) is 22.3. The smallest absolute Gasteiger partial charge is 0.390 e. The Morgan fingerprint density at radius 3 is 2.46 bits per heavy atom. The molecule has 1 heterocycles. The number of alkyl halides is 3. The number of hydrogen-bond donors (Lipinski definition) is 2. The molecule has 6 nitrogen and oxygen atoms in total. The zero-order chi connectivity index (χ0) is 20.4. The van der Waals surface area contributed by atoms with E-state index >= 15 is 0 Å². The maximum atomic E-state index is 12.4. The Kier molecular flexibility index (Phi) is 8.85. The van der Waals surface area contributed by atoms with Crippen LogP contribution < -0.4 is 15.4 Å². The molecule has 9 heteroatoms. The summed E-state index contributed by atoms with van der Waals surface area (Å²) >= 11 is 0. The van der Waals surface area contributed by atoms with E-state index in [1.807, 2.05) is 31.2 Å². The molecular formula is C19H29F3N4O2. The van der Waals surface area contributed by atoms with Crippen molar-refractivity contribution in [3.8, 4) is 5.75 Å². The quantitative estimate of drug-likeness (QED) is 0.517. The third-order valence-electron chi connectivity index (χ3n) is 4.45. The van der Waals surface area contributed by atoms with Crippen LogP contribution in [0.2, 0.25) is 0 Å². The summed E-state index contributed by atoms with van der Waals surface area (Å²) in [5, 5.41) is 5.77. The van der Waals surface area contributed by atoms with E-state index in [0.29, 0.717) is 32.3 Å². The highest BCUT2D eigenvalue weighted by atomic mass is 19.4. The minimum absolute atomic E-state index is 0.00729. The zero-order valence-corrected chi connectivity index (χ0v) is 16.4. The van der Waals surface area contributed by atoms with Gasteiger partial charge in [0, 0.05) is 26.2 Å². The molecule has 0 spiro atoms. The molecule has 0 amide bonds. The Labute approximate surface area is 164 Å². The van der Waals surface area contributed by atoms with Crippen molar-refractivity contribution >= 4 is 5.96 Å². The fourth-order valence-electron chi connectivity index (χ4n) is 2.99. The molecule has 0 bridgehead atoms. The summed E-state index contributed by atoms with van der Waals surface area (Å²) in [5.41, 5.74) is 1.08. The van der Waals surface area contributed by atoms with Gasteiger partial charge in [-0.05, 0) is 24.6 Å². The van der Waals surface area contributed by atoms with Crippen molar-refractivity contribution in [2.75, 3.05) is 53.0 Å². The number of hydrogen-bond acceptors (Lipinski definition) is 4. The molecule has 1 aliphatic rings. The molecule has 1 aromatic carbocycles. The number of aliphatic imine (C=N–C) groups is 1. The standard InChI is InChI=1S/C19H29F3N4O2/c1-3-23-18(24-9-8-19(20,21)22)25-14-17(26-10-12-28-13-11-26)15-4-6-16(27-2)7-5-15/h4-7,17H,3,8-14H2,1-2H3,(H2,23,24,25). The second kappa shape index (κ2) is 11.1. The zero-order valence-electron chi connectivity index (χ0n) is 16.4. The molecule has 28 heavy (non-hydrogen) atoms. The normalized spacial score (nSPS) is 17.2. The van der Waals surface area contributed by atoms with Crippen LogP contribution in [0, 0.1) is 0 Å². The summed E-state index contributed by atoms with van der Waals surface area (Å²) in [6.07, 6.45) is -5.09. The lowest BCUT2D eigenvalue weighted by Gasteiger charge is -2.34. The van der Waals surface area contributed by atoms with E-state index in [0.717, 1.165) is 24.4 Å². The van der Waals surface area contributed by atoms with Crippen LogP contribution in [0.3, 0.4) is 0 Å². The van der Waals surface area contributed by atoms with E-state index in [1.54, 1.807) is 7.11 Å². The van der Waals surface area contributed by atoms with Gasteiger partial charge in [0.05, 0.1) is 39.3 Å². The number of ether oxygens (including phenoxy) is 2. The average Bonchev–Trinajstić information content (AvgIpc) is 2.68. The minimum Gasteiger partial charge on any atom is -0.497 e. The van der Waals surface area contributed by atoms with Crippen molar-refractivity contribution in [1.29, 1.82) is 0 Å². The van der Waals surface area contributed by atoms with Crippen molar-refractivity contribution in [3.63, 3.8) is 0 Å². The summed E-state index contributed by atoms with van der Waals surface area (Å²) in [6.45, 7) is 5.54. The van der Waals surface area contributed by atoms with Gasteiger partial charge in [0.15, 0.2) is 5.96 Å². The highest BCUT2D eigenvalue weighted by Crippen LogP contribution is 2.24. The van der Waals surface area contributed by atoms with Crippen molar-refractivity contribution in [3.05, 3.63) is 29.8 Å². The summed E-state index contributed by atoms with van der Waals surface area (Å²) in [5.74, 6) is 1.16. The fraction of sp³-hybridized carbons (Fsp3) is 0.632. The van der Waals surface area contributed by atoms with E-state index in [4.69, 9.17) is 9.47 Å². The molecule has 2 rings (SSSR count). The third kappa shape index (κ3) is 7.55. The highest BCUT2D eigenvalue weighted by Gasteiger charge is 2.26. The summed E-state index contributed by atoms with van der Waals surface area (Å²) < 4.78 is 47.9. The van der Waals surface area contributed by atoms with Gasteiger partial charge in [-0.2, -0.15) is 13.2 Å². The Hall–Kier alpha value is -2.00. The summed E-state index contributed by atoms with van der Waals surface area (Å²) in [7, 11) is 1.62. The van der Waals surface area contributed by atoms with Crippen LogP contribution in [0.5, 0.6) is 5.75 Å². The second-order valence-corrected chi connectivity index (χ2v) is 6.45. The number of guanidine groups is 1. The van der Waals surface area contributed by atoms with Gasteiger partial charge >= 0.3 is 6.18 Å². The van der Waals surface area contributed by atoms with Crippen molar-refractivity contribution in [2.24, 2.45) is 4.99 Å². The number of benzene rings is 1. The first-order chi connectivity index (χ1) is 13.4. The lowest BCUT2D eigenvalue weighted by molar-refractivity contribution is -0.132. The molecule has 158 valence electrons. The van der Waals surface area contributed by atoms with Crippen LogP contribution in [0.1, 0.15) is 24.9 Å². The van der Waals surface area contributed by atoms with E-state index in [-0.39, 0.29) is 12.6 Å². The molecule has 1 saturated heterocycles. The number of rotatable bonds is 8. The molecule has 2 N–H and O–H groups in total. The lowest BCUT2D eigenvalue weighted by atomic mass is 10.0. The molecule has 1 unspecified atom stereocenters. The largest absolute Gasteiger partial charge is 0.497 e. The number of nitrogens with one attached hydrogen (secondary N) is 2. The Morgan fingerprint density at radius 2 is 1.89 bits per heavy atom. The minimum atomic E-state index is -4.19. The number of methoxy groups -OCH3 is 1. The van der Waals surface area contributed by atoms with Crippen LogP contribution >= 0.6 is 0 Å². The van der Waals surface area contributed by atoms with Gasteiger partial charge in [0.25, 0.3) is 0 Å². The van der Waals surface area contributed by atoms with Gasteiger partial charge in [0.1, 0.15) is 5.75 Å². The van der Waals surface area contributed by atoms with Crippen LogP contribution in [0.4, 0.5) is 13.2 Å². The Balaban J connectivity index is 2.10. The predicted octanol–water partition coefficient (Wildman–Crippen LogP) is 2.58. The van der Waals surface area contributed by atoms with Gasteiger partial charge < -0.3 is 20.1 Å². The molecule has 0 saturated carbocycles. The van der Waals surface area contributed by atoms with E-state index < -0.39 is 12.6 Å². The Morgan fingerprint density at radius 1 is 1.21 bits per heavy atom. The third-order valence-corrected chi connectivity index (χ3v) is 4.45. The number of morpholine rings is 1. The molecule has 1 aromatic rings. The molecule has 0 aromatic heterocycles. The molecule has 1 aliphatic heterocycles. The van der Waals surface area contributed by atoms with Gasteiger partial charge in [-0.1, -0.05) is 12.1 Å². The van der Waals surface area contributed by atoms with Gasteiger partial charge in [0.2, 0.25) is 0 Å². The fourth-order valence-corrected chi connectivity index (χ4v) is 2.99. The SMILES string of the molecule is CCNC(=NCC(c1ccc(OC)cc1)N1CCOCC1)NCCC(F)(F)F. The topological polar surface area (TPSA) is 58.1 Å². The van der Waals surface area contributed by atoms with Crippen LogP contribution in [-0.2, 0) is 4.74 Å². The molecular weight excluding hydrogens is 373 g/mol. The van der Waals surface area contributed by atoms with Crippen molar-refractivity contribution < 1.29 is 22.6 Å². The lowest BCUT2D eigenvalue weighted by Crippen LogP contribution is -2.42. The molecule has 1 atom stereocenters. The number of nitrogens with zero attached hydrogens (tertiary/aromatic N) is 2. The van der Waals surface area contributed by atoms with Crippen LogP contribution in [0.15, 0.2) is 29.3 Å². The summed E-state index contributed by atoms with van der Waals surface area (Å²) in [6, 6.07) is 7.81. The van der Waals surface area contributed by atoms with Gasteiger partial charge in [-0.3, -0.25) is 9.89 Å². The maximum absolute atomic E-state index is 12.4. The first-order valence-electron chi connectivity index (χ1n) is 9.47. The second-order valence-electron chi connectivity index (χ2n) is 6.45. The van der Waals surface area contributed by atoms with Crippen molar-refractivity contribution in [2.45, 2.75) is 25.6 Å². The predicted molar refractivity (Wildman–Crippen MR) is 103 cm³/mol. The van der Waals surface area contributed by atoms with E-state index in [2.05, 4.69) is 20.5 Å². The molecule has 0 radical (unpaired) electrons. The van der Waals surface area contributed by atoms with Gasteiger partial charge in [-0.15, -0.1) is 0 Å². The monoisotopic (exact) mass is 402 g/mol. The Bertz CT molecular complexity index is 602. The highest BCUT2D eigenvalue weighted by molar-refractivity contribution is 5.79. The number of halogens is 3. The van der Waals surface area contributed by atoms with Gasteiger partial charge in [-0.25, -0.2) is 0 Å².